The van der Waals surface area contributed by atoms with Gasteiger partial charge in [0.25, 0.3) is 0 Å². The quantitative estimate of drug-likeness (QED) is 0.676. The second kappa shape index (κ2) is 6.07. The molecule has 0 bridgehead atoms. The molecule has 0 spiro atoms. The molecule has 0 radical (unpaired) electrons. The highest BCUT2D eigenvalue weighted by Crippen LogP contribution is 2.25. The van der Waals surface area contributed by atoms with E-state index < -0.39 is 0 Å². The number of hydrogen-bond acceptors (Lipinski definition) is 4. The van der Waals surface area contributed by atoms with E-state index in [1.54, 1.807) is 19.4 Å². The van der Waals surface area contributed by atoms with E-state index in [0.29, 0.717) is 5.75 Å². The monoisotopic (exact) mass is 247 g/mol. The van der Waals surface area contributed by atoms with Gasteiger partial charge in [-0.1, -0.05) is 6.07 Å². The molecule has 5 nitrogen and oxygen atoms in total. The van der Waals surface area contributed by atoms with E-state index >= 15 is 0 Å². The fraction of sp³-hybridized carbons (Fsp3) is 0.308. The number of hydrogen-bond donors (Lipinski definition) is 3. The van der Waals surface area contributed by atoms with Crippen LogP contribution >= 0.6 is 0 Å². The van der Waals surface area contributed by atoms with Crippen LogP contribution in [-0.4, -0.2) is 28.7 Å². The fourth-order valence-corrected chi connectivity index (χ4v) is 1.71. The number of nitrogens with one attached hydrogen (secondary N) is 2. The molecule has 0 atom stereocenters. The Balaban J connectivity index is 1.79. The predicted molar refractivity (Wildman–Crippen MR) is 68.7 cm³/mol. The summed E-state index contributed by atoms with van der Waals surface area (Å²) in [6.45, 7) is 1.58. The molecule has 3 N–H and O–H groups in total. The molecule has 0 unspecified atom stereocenters. The average molecular weight is 247 g/mol. The van der Waals surface area contributed by atoms with Crippen molar-refractivity contribution in [3.8, 4) is 11.5 Å². The van der Waals surface area contributed by atoms with Gasteiger partial charge in [0.1, 0.15) is 5.82 Å². The summed E-state index contributed by atoms with van der Waals surface area (Å²) in [7, 11) is 1.54. The molecule has 1 heterocycles. The second-order valence-corrected chi connectivity index (χ2v) is 3.97. The van der Waals surface area contributed by atoms with Gasteiger partial charge in [-0.05, 0) is 17.7 Å². The van der Waals surface area contributed by atoms with Crippen molar-refractivity contribution in [2.75, 3.05) is 13.7 Å². The predicted octanol–water partition coefficient (Wildman–Crippen LogP) is 1.46. The van der Waals surface area contributed by atoms with Crippen molar-refractivity contribution in [3.63, 3.8) is 0 Å². The van der Waals surface area contributed by atoms with Crippen LogP contribution in [0.4, 0.5) is 0 Å². The van der Waals surface area contributed by atoms with Crippen LogP contribution in [0.3, 0.4) is 0 Å². The molecule has 0 saturated heterocycles. The number of nitrogens with zero attached hydrogens (tertiary/aromatic N) is 1. The van der Waals surface area contributed by atoms with Crippen LogP contribution in [0.1, 0.15) is 11.4 Å². The van der Waals surface area contributed by atoms with Gasteiger partial charge in [-0.15, -0.1) is 0 Å². The molecule has 0 aliphatic rings. The summed E-state index contributed by atoms with van der Waals surface area (Å²) in [5.74, 6) is 1.64. The van der Waals surface area contributed by atoms with Gasteiger partial charge in [-0.2, -0.15) is 0 Å². The van der Waals surface area contributed by atoms with Crippen LogP contribution in [0.25, 0.3) is 0 Å². The average Bonchev–Trinajstić information content (AvgIpc) is 2.89. The van der Waals surface area contributed by atoms with Crippen molar-refractivity contribution in [2.24, 2.45) is 0 Å². The van der Waals surface area contributed by atoms with Crippen LogP contribution in [-0.2, 0) is 13.0 Å². The lowest BCUT2D eigenvalue weighted by atomic mass is 10.2. The van der Waals surface area contributed by atoms with Crippen molar-refractivity contribution in [1.82, 2.24) is 15.3 Å². The van der Waals surface area contributed by atoms with E-state index in [-0.39, 0.29) is 5.75 Å². The van der Waals surface area contributed by atoms with Crippen molar-refractivity contribution in [3.05, 3.63) is 42.0 Å². The largest absolute Gasteiger partial charge is 0.504 e. The SMILES string of the molecule is COc1cc(CNCCc2ncc[nH]2)ccc1O. The summed E-state index contributed by atoms with van der Waals surface area (Å²) >= 11 is 0. The molecule has 1 aromatic heterocycles. The maximum atomic E-state index is 9.47. The maximum absolute atomic E-state index is 9.47. The van der Waals surface area contributed by atoms with Crippen LogP contribution in [0.2, 0.25) is 0 Å². The Bertz CT molecular complexity index is 483. The van der Waals surface area contributed by atoms with E-state index in [0.717, 1.165) is 30.9 Å². The van der Waals surface area contributed by atoms with E-state index in [4.69, 9.17) is 4.74 Å². The Morgan fingerprint density at radius 3 is 3.06 bits per heavy atom. The number of imidazole rings is 1. The molecular formula is C13H17N3O2. The minimum atomic E-state index is 0.164. The third kappa shape index (κ3) is 3.24. The molecule has 0 aliphatic heterocycles. The zero-order valence-electron chi connectivity index (χ0n) is 10.3. The standard InChI is InChI=1S/C13H17N3O2/c1-18-12-8-10(2-3-11(12)17)9-14-5-4-13-15-6-7-16-13/h2-3,6-8,14,17H,4-5,9H2,1H3,(H,15,16). The van der Waals surface area contributed by atoms with Gasteiger partial charge >= 0.3 is 0 Å². The third-order valence-corrected chi connectivity index (χ3v) is 2.67. The van der Waals surface area contributed by atoms with Crippen LogP contribution in [0, 0.1) is 0 Å². The molecule has 1 aromatic carbocycles. The van der Waals surface area contributed by atoms with E-state index in [9.17, 15) is 5.11 Å². The Morgan fingerprint density at radius 2 is 2.33 bits per heavy atom. The minimum Gasteiger partial charge on any atom is -0.504 e. The van der Waals surface area contributed by atoms with Crippen molar-refractivity contribution in [2.45, 2.75) is 13.0 Å². The lowest BCUT2D eigenvalue weighted by molar-refractivity contribution is 0.373. The number of phenols is 1. The fourth-order valence-electron chi connectivity index (χ4n) is 1.71. The Kier molecular flexibility index (Phi) is 4.20. The lowest BCUT2D eigenvalue weighted by Gasteiger charge is -2.07. The number of ether oxygens (including phenoxy) is 1. The van der Waals surface area contributed by atoms with Gasteiger partial charge in [0.05, 0.1) is 7.11 Å². The number of benzene rings is 1. The van der Waals surface area contributed by atoms with Gasteiger partial charge < -0.3 is 20.1 Å². The molecule has 18 heavy (non-hydrogen) atoms. The summed E-state index contributed by atoms with van der Waals surface area (Å²) in [4.78, 5) is 7.21. The van der Waals surface area contributed by atoms with Crippen molar-refractivity contribution >= 4 is 0 Å². The van der Waals surface area contributed by atoms with Crippen molar-refractivity contribution in [1.29, 1.82) is 0 Å². The van der Waals surface area contributed by atoms with E-state index in [1.807, 2.05) is 18.3 Å². The highest BCUT2D eigenvalue weighted by molar-refractivity contribution is 5.41. The summed E-state index contributed by atoms with van der Waals surface area (Å²) in [6.07, 6.45) is 4.43. The first-order valence-electron chi connectivity index (χ1n) is 5.84. The maximum Gasteiger partial charge on any atom is 0.160 e. The second-order valence-electron chi connectivity index (χ2n) is 3.97. The summed E-state index contributed by atoms with van der Waals surface area (Å²) in [6, 6.07) is 5.34. The number of aromatic hydroxyl groups is 1. The first kappa shape index (κ1) is 12.4. The molecule has 2 rings (SSSR count). The number of rotatable bonds is 6. The minimum absolute atomic E-state index is 0.164. The lowest BCUT2D eigenvalue weighted by Crippen LogP contribution is -2.17. The molecule has 0 saturated carbocycles. The molecule has 0 aliphatic carbocycles. The number of phenolic OH excluding ortho intramolecular Hbond substituents is 1. The molecule has 2 aromatic rings. The van der Waals surface area contributed by atoms with Crippen LogP contribution < -0.4 is 10.1 Å². The highest BCUT2D eigenvalue weighted by Gasteiger charge is 2.02. The topological polar surface area (TPSA) is 70.2 Å². The molecular weight excluding hydrogens is 230 g/mol. The van der Waals surface area contributed by atoms with Gasteiger partial charge in [0.15, 0.2) is 11.5 Å². The van der Waals surface area contributed by atoms with Crippen LogP contribution in [0.5, 0.6) is 11.5 Å². The van der Waals surface area contributed by atoms with Gasteiger partial charge in [0, 0.05) is 31.9 Å². The first-order chi connectivity index (χ1) is 8.79. The van der Waals surface area contributed by atoms with Crippen LogP contribution in [0.15, 0.2) is 30.6 Å². The third-order valence-electron chi connectivity index (χ3n) is 2.67. The van der Waals surface area contributed by atoms with Gasteiger partial charge in [0.2, 0.25) is 0 Å². The number of aromatic nitrogens is 2. The van der Waals surface area contributed by atoms with E-state index in [1.165, 1.54) is 0 Å². The normalized spacial score (nSPS) is 10.5. The summed E-state index contributed by atoms with van der Waals surface area (Å²) < 4.78 is 5.06. The zero-order valence-corrected chi connectivity index (χ0v) is 10.3. The number of methoxy groups -OCH3 is 1. The summed E-state index contributed by atoms with van der Waals surface area (Å²) in [5, 5.41) is 12.8. The number of H-pyrrole nitrogens is 1. The Morgan fingerprint density at radius 1 is 1.44 bits per heavy atom. The van der Waals surface area contributed by atoms with Gasteiger partial charge in [-0.25, -0.2) is 4.98 Å². The first-order valence-corrected chi connectivity index (χ1v) is 5.84. The Hall–Kier alpha value is -2.01. The van der Waals surface area contributed by atoms with Gasteiger partial charge in [-0.3, -0.25) is 0 Å². The molecule has 0 fully saturated rings. The highest BCUT2D eigenvalue weighted by atomic mass is 16.5. The molecule has 96 valence electrons. The van der Waals surface area contributed by atoms with Crippen molar-refractivity contribution < 1.29 is 9.84 Å². The Labute approximate surface area is 106 Å². The zero-order chi connectivity index (χ0) is 12.8. The molecule has 5 heteroatoms. The van der Waals surface area contributed by atoms with E-state index in [2.05, 4.69) is 15.3 Å². The molecule has 0 amide bonds. The summed E-state index contributed by atoms with van der Waals surface area (Å²) in [5.41, 5.74) is 1.07. The number of aromatic amines is 1. The smallest absolute Gasteiger partial charge is 0.160 e.